The Hall–Kier alpha value is -2.08. The van der Waals surface area contributed by atoms with Crippen LogP contribution in [0.3, 0.4) is 0 Å². The van der Waals surface area contributed by atoms with E-state index in [2.05, 4.69) is 5.32 Å². The van der Waals surface area contributed by atoms with Gasteiger partial charge >= 0.3 is 0 Å². The zero-order valence-corrected chi connectivity index (χ0v) is 13.4. The third-order valence-electron chi connectivity index (χ3n) is 4.24. The minimum atomic E-state index is -1.19. The number of ether oxygens (including phenoxy) is 1. The maximum absolute atomic E-state index is 12.2. The molecule has 126 valence electrons. The molecule has 1 amide bonds. The standard InChI is InChI=1S/C17H24N2O4/c1-23-15-10-6-5-9-13(15)19-16(20)11-14(17(21)22)18-12-7-3-2-4-8-12/h5-6,9-10,12,14,18H,2-4,7-8,11H2,1H3,(H,19,20)(H,21,22)/t14-/m0/s1. The molecular formula is C17H24N2O4. The lowest BCUT2D eigenvalue weighted by Crippen LogP contribution is -2.98. The van der Waals surface area contributed by atoms with Crippen molar-refractivity contribution in [3.63, 3.8) is 0 Å². The number of quaternary nitrogens is 1. The number of methoxy groups -OCH3 is 1. The van der Waals surface area contributed by atoms with E-state index in [1.807, 2.05) is 0 Å². The summed E-state index contributed by atoms with van der Waals surface area (Å²) in [5, 5.41) is 15.8. The van der Waals surface area contributed by atoms with Crippen LogP contribution in [-0.2, 0) is 9.59 Å². The third kappa shape index (κ3) is 5.25. The molecule has 6 nitrogen and oxygen atoms in total. The summed E-state index contributed by atoms with van der Waals surface area (Å²) >= 11 is 0. The first-order chi connectivity index (χ1) is 11.1. The molecule has 0 radical (unpaired) electrons. The maximum atomic E-state index is 12.2. The van der Waals surface area contributed by atoms with E-state index in [-0.39, 0.29) is 18.4 Å². The first-order valence-electron chi connectivity index (χ1n) is 8.09. The third-order valence-corrected chi connectivity index (χ3v) is 4.24. The van der Waals surface area contributed by atoms with Gasteiger partial charge in [-0.15, -0.1) is 0 Å². The van der Waals surface area contributed by atoms with Gasteiger partial charge in [-0.1, -0.05) is 18.6 Å². The molecule has 0 unspecified atom stereocenters. The minimum Gasteiger partial charge on any atom is -0.544 e. The number of carbonyl (C=O) groups excluding carboxylic acids is 2. The molecule has 2 rings (SSSR count). The molecule has 0 aliphatic heterocycles. The fraction of sp³-hybridized carbons (Fsp3) is 0.529. The zero-order chi connectivity index (χ0) is 16.7. The number of rotatable bonds is 7. The van der Waals surface area contributed by atoms with Gasteiger partial charge in [-0.05, 0) is 37.8 Å². The molecule has 0 spiro atoms. The summed E-state index contributed by atoms with van der Waals surface area (Å²) in [4.78, 5) is 23.5. The molecule has 1 aliphatic carbocycles. The Kier molecular flexibility index (Phi) is 6.40. The summed E-state index contributed by atoms with van der Waals surface area (Å²) in [6, 6.07) is 6.45. The Morgan fingerprint density at radius 2 is 2.00 bits per heavy atom. The molecule has 0 aromatic heterocycles. The number of carboxylic acid groups (broad SMARTS) is 1. The summed E-state index contributed by atoms with van der Waals surface area (Å²) in [7, 11) is 1.52. The second-order valence-corrected chi connectivity index (χ2v) is 5.97. The first kappa shape index (κ1) is 17.3. The minimum absolute atomic E-state index is 0.114. The average molecular weight is 320 g/mol. The van der Waals surface area contributed by atoms with Gasteiger partial charge in [0.05, 0.1) is 31.2 Å². The summed E-state index contributed by atoms with van der Waals surface area (Å²) < 4.78 is 5.17. The highest BCUT2D eigenvalue weighted by molar-refractivity contribution is 5.94. The average Bonchev–Trinajstić information content (AvgIpc) is 2.55. The number of hydrogen-bond acceptors (Lipinski definition) is 4. The van der Waals surface area contributed by atoms with E-state index in [9.17, 15) is 14.7 Å². The van der Waals surface area contributed by atoms with Crippen molar-refractivity contribution >= 4 is 17.6 Å². The van der Waals surface area contributed by atoms with E-state index in [4.69, 9.17) is 4.74 Å². The highest BCUT2D eigenvalue weighted by atomic mass is 16.5. The van der Waals surface area contributed by atoms with Gasteiger partial charge in [0.1, 0.15) is 11.8 Å². The predicted molar refractivity (Wildman–Crippen MR) is 83.8 cm³/mol. The fourth-order valence-electron chi connectivity index (χ4n) is 3.03. The van der Waals surface area contributed by atoms with Crippen molar-refractivity contribution in [1.29, 1.82) is 0 Å². The topological polar surface area (TPSA) is 95.1 Å². The number of benzene rings is 1. The number of aliphatic carboxylic acids is 1. The Morgan fingerprint density at radius 3 is 2.65 bits per heavy atom. The fourth-order valence-corrected chi connectivity index (χ4v) is 3.03. The van der Waals surface area contributed by atoms with Crippen molar-refractivity contribution in [3.8, 4) is 5.75 Å². The van der Waals surface area contributed by atoms with E-state index in [1.54, 1.807) is 29.6 Å². The molecule has 23 heavy (non-hydrogen) atoms. The lowest BCUT2D eigenvalue weighted by Gasteiger charge is -2.25. The Labute approximate surface area is 136 Å². The van der Waals surface area contributed by atoms with Crippen LogP contribution in [0.5, 0.6) is 5.75 Å². The maximum Gasteiger partial charge on any atom is 0.230 e. The van der Waals surface area contributed by atoms with Crippen molar-refractivity contribution in [2.75, 3.05) is 12.4 Å². The molecule has 0 bridgehead atoms. The van der Waals surface area contributed by atoms with Gasteiger partial charge in [0.15, 0.2) is 0 Å². The van der Waals surface area contributed by atoms with Crippen LogP contribution >= 0.6 is 0 Å². The summed E-state index contributed by atoms with van der Waals surface area (Å²) in [6.45, 7) is 0. The molecule has 3 N–H and O–H groups in total. The normalized spacial score (nSPS) is 16.6. The Bertz CT molecular complexity index is 541. The van der Waals surface area contributed by atoms with Crippen molar-refractivity contribution in [2.24, 2.45) is 0 Å². The van der Waals surface area contributed by atoms with E-state index in [1.165, 1.54) is 13.5 Å². The van der Waals surface area contributed by atoms with Crippen molar-refractivity contribution < 1.29 is 24.7 Å². The largest absolute Gasteiger partial charge is 0.544 e. The van der Waals surface area contributed by atoms with Gasteiger partial charge in [0.25, 0.3) is 0 Å². The quantitative estimate of drug-likeness (QED) is 0.741. The molecule has 1 fully saturated rings. The number of nitrogens with one attached hydrogen (secondary N) is 1. The van der Waals surface area contributed by atoms with E-state index < -0.39 is 12.0 Å². The van der Waals surface area contributed by atoms with Crippen molar-refractivity contribution in [3.05, 3.63) is 24.3 Å². The van der Waals surface area contributed by atoms with E-state index in [0.717, 1.165) is 25.7 Å². The first-order valence-corrected chi connectivity index (χ1v) is 8.09. The lowest BCUT2D eigenvalue weighted by molar-refractivity contribution is -0.716. The van der Waals surface area contributed by atoms with Crippen molar-refractivity contribution in [1.82, 2.24) is 0 Å². The van der Waals surface area contributed by atoms with Gasteiger partial charge in [-0.2, -0.15) is 0 Å². The molecule has 1 aliphatic rings. The monoisotopic (exact) mass is 320 g/mol. The Morgan fingerprint density at radius 1 is 1.30 bits per heavy atom. The molecule has 1 aromatic rings. The van der Waals surface area contributed by atoms with Crippen LogP contribution in [0, 0.1) is 0 Å². The van der Waals surface area contributed by atoms with Crippen LogP contribution in [-0.4, -0.2) is 31.1 Å². The number of amides is 1. The molecule has 1 atom stereocenters. The van der Waals surface area contributed by atoms with Crippen LogP contribution in [0.2, 0.25) is 0 Å². The van der Waals surface area contributed by atoms with Gasteiger partial charge in [0.2, 0.25) is 5.91 Å². The van der Waals surface area contributed by atoms with Crippen LogP contribution in [0.4, 0.5) is 5.69 Å². The van der Waals surface area contributed by atoms with E-state index in [0.29, 0.717) is 11.4 Å². The Balaban J connectivity index is 1.93. The number of carboxylic acids is 1. The zero-order valence-electron chi connectivity index (χ0n) is 13.4. The number of hydrogen-bond donors (Lipinski definition) is 2. The SMILES string of the molecule is COc1ccccc1NC(=O)C[C@H]([NH2+]C1CCCCC1)C(=O)[O-]. The molecule has 1 aromatic carbocycles. The number of nitrogens with two attached hydrogens (primary N) is 1. The van der Waals surface area contributed by atoms with Gasteiger partial charge in [-0.3, -0.25) is 4.79 Å². The number of carbonyl (C=O) groups is 2. The van der Waals surface area contributed by atoms with Gasteiger partial charge < -0.3 is 25.3 Å². The summed E-state index contributed by atoms with van der Waals surface area (Å²) in [5.41, 5.74) is 0.537. The molecule has 0 heterocycles. The van der Waals surface area contributed by atoms with Crippen LogP contribution in [0.15, 0.2) is 24.3 Å². The highest BCUT2D eigenvalue weighted by Gasteiger charge is 2.25. The summed E-state index contributed by atoms with van der Waals surface area (Å²) in [6.07, 6.45) is 5.32. The predicted octanol–water partition coefficient (Wildman–Crippen LogP) is 0.0384. The van der Waals surface area contributed by atoms with Gasteiger partial charge in [0, 0.05) is 0 Å². The van der Waals surface area contributed by atoms with Crippen LogP contribution in [0.25, 0.3) is 0 Å². The molecule has 1 saturated carbocycles. The highest BCUT2D eigenvalue weighted by Crippen LogP contribution is 2.23. The lowest BCUT2D eigenvalue weighted by atomic mass is 9.94. The smallest absolute Gasteiger partial charge is 0.230 e. The second kappa shape index (κ2) is 8.53. The van der Waals surface area contributed by atoms with Crippen LogP contribution < -0.4 is 20.5 Å². The summed E-state index contributed by atoms with van der Waals surface area (Å²) in [5.74, 6) is -0.997. The molecule has 6 heteroatoms. The van der Waals surface area contributed by atoms with E-state index >= 15 is 0 Å². The van der Waals surface area contributed by atoms with Crippen LogP contribution in [0.1, 0.15) is 38.5 Å². The number of anilines is 1. The second-order valence-electron chi connectivity index (χ2n) is 5.97. The number of para-hydroxylation sites is 2. The molecular weight excluding hydrogens is 296 g/mol. The molecule has 0 saturated heterocycles. The van der Waals surface area contributed by atoms with Gasteiger partial charge in [-0.25, -0.2) is 0 Å². The van der Waals surface area contributed by atoms with Crippen molar-refractivity contribution in [2.45, 2.75) is 50.6 Å².